The number of carbonyl (C=O) groups is 2. The molecule has 0 bridgehead atoms. The maximum atomic E-state index is 12.6. The van der Waals surface area contributed by atoms with Crippen LogP contribution in [0.25, 0.3) is 22.9 Å². The van der Waals surface area contributed by atoms with Crippen LogP contribution in [0.15, 0.2) is 56.7 Å². The molecule has 8 nitrogen and oxygen atoms in total. The molecule has 2 amide bonds. The van der Waals surface area contributed by atoms with Crippen molar-refractivity contribution in [3.05, 3.63) is 65.1 Å². The lowest BCUT2D eigenvalue weighted by molar-refractivity contribution is -0.119. The molecule has 0 fully saturated rings. The van der Waals surface area contributed by atoms with Crippen LogP contribution < -0.4 is 10.6 Å². The molecule has 4 aromatic rings. The molecular formula is C21H18N4O4S. The summed E-state index contributed by atoms with van der Waals surface area (Å²) in [6.07, 6.45) is 0. The van der Waals surface area contributed by atoms with Crippen molar-refractivity contribution in [1.82, 2.24) is 15.3 Å². The van der Waals surface area contributed by atoms with Crippen molar-refractivity contribution >= 4 is 28.3 Å². The second-order valence-corrected chi connectivity index (χ2v) is 7.32. The Balaban J connectivity index is 1.46. The number of thiazole rings is 1. The SMILES string of the molecule is CC(=O)NCc1ccc(-c2csc(NC(=O)c3nc(-c4ccccc4)oc3C)n2)o1. The van der Waals surface area contributed by atoms with E-state index in [1.165, 1.54) is 18.3 Å². The molecule has 3 heterocycles. The number of benzene rings is 1. The highest BCUT2D eigenvalue weighted by Gasteiger charge is 2.19. The number of amides is 2. The van der Waals surface area contributed by atoms with E-state index in [1.54, 1.807) is 24.4 Å². The summed E-state index contributed by atoms with van der Waals surface area (Å²) in [7, 11) is 0. The highest BCUT2D eigenvalue weighted by atomic mass is 32.1. The first-order chi connectivity index (χ1) is 14.5. The fourth-order valence-corrected chi connectivity index (χ4v) is 3.43. The summed E-state index contributed by atoms with van der Waals surface area (Å²) in [6, 6.07) is 12.9. The number of carbonyl (C=O) groups excluding carboxylic acids is 2. The summed E-state index contributed by atoms with van der Waals surface area (Å²) < 4.78 is 11.3. The zero-order valence-corrected chi connectivity index (χ0v) is 17.1. The molecule has 0 aliphatic heterocycles. The molecule has 152 valence electrons. The van der Waals surface area contributed by atoms with Gasteiger partial charge in [-0.1, -0.05) is 18.2 Å². The lowest BCUT2D eigenvalue weighted by atomic mass is 10.2. The van der Waals surface area contributed by atoms with E-state index in [0.29, 0.717) is 40.5 Å². The van der Waals surface area contributed by atoms with Crippen molar-refractivity contribution in [2.45, 2.75) is 20.4 Å². The third-order valence-electron chi connectivity index (χ3n) is 4.18. The van der Waals surface area contributed by atoms with Crippen molar-refractivity contribution in [2.24, 2.45) is 0 Å². The molecule has 0 saturated carbocycles. The second-order valence-electron chi connectivity index (χ2n) is 6.46. The van der Waals surface area contributed by atoms with Gasteiger partial charge in [0.25, 0.3) is 5.91 Å². The van der Waals surface area contributed by atoms with Gasteiger partial charge in [-0.25, -0.2) is 9.97 Å². The van der Waals surface area contributed by atoms with E-state index in [1.807, 2.05) is 30.3 Å². The standard InChI is InChI=1S/C21H18N4O4S/c1-12-18(24-20(28-12)14-6-4-3-5-7-14)19(27)25-21-23-16(11-30-21)17-9-8-15(29-17)10-22-13(2)26/h3-9,11H,10H2,1-2H3,(H,22,26)(H,23,25,27). The van der Waals surface area contributed by atoms with Gasteiger partial charge in [0.05, 0.1) is 6.54 Å². The van der Waals surface area contributed by atoms with Gasteiger partial charge in [0.2, 0.25) is 11.8 Å². The third kappa shape index (κ3) is 4.31. The number of oxazole rings is 1. The van der Waals surface area contributed by atoms with Crippen molar-refractivity contribution < 1.29 is 18.4 Å². The number of hydrogen-bond donors (Lipinski definition) is 2. The van der Waals surface area contributed by atoms with Crippen LogP contribution in [0.4, 0.5) is 5.13 Å². The van der Waals surface area contributed by atoms with Crippen LogP contribution in [0, 0.1) is 6.92 Å². The molecule has 2 N–H and O–H groups in total. The van der Waals surface area contributed by atoms with E-state index in [-0.39, 0.29) is 11.6 Å². The van der Waals surface area contributed by atoms with Crippen LogP contribution in [0.1, 0.15) is 28.9 Å². The minimum atomic E-state index is -0.398. The lowest BCUT2D eigenvalue weighted by Gasteiger charge is -1.98. The van der Waals surface area contributed by atoms with Gasteiger partial charge < -0.3 is 14.2 Å². The number of furan rings is 1. The minimum Gasteiger partial charge on any atom is -0.458 e. The fourth-order valence-electron chi connectivity index (χ4n) is 2.73. The van der Waals surface area contributed by atoms with Gasteiger partial charge in [-0.3, -0.25) is 14.9 Å². The Morgan fingerprint density at radius 1 is 1.07 bits per heavy atom. The molecule has 1 aromatic carbocycles. The predicted molar refractivity (Wildman–Crippen MR) is 112 cm³/mol. The van der Waals surface area contributed by atoms with Crippen molar-refractivity contribution in [1.29, 1.82) is 0 Å². The van der Waals surface area contributed by atoms with E-state index in [4.69, 9.17) is 8.83 Å². The van der Waals surface area contributed by atoms with Crippen molar-refractivity contribution in [2.75, 3.05) is 5.32 Å². The Morgan fingerprint density at radius 2 is 1.87 bits per heavy atom. The van der Waals surface area contributed by atoms with Crippen molar-refractivity contribution in [3.8, 4) is 22.9 Å². The van der Waals surface area contributed by atoms with Gasteiger partial charge >= 0.3 is 0 Å². The predicted octanol–water partition coefficient (Wildman–Crippen LogP) is 4.25. The molecule has 3 aromatic heterocycles. The number of nitrogens with zero attached hydrogens (tertiary/aromatic N) is 2. The topological polar surface area (TPSA) is 110 Å². The molecule has 0 unspecified atom stereocenters. The number of anilines is 1. The molecule has 0 radical (unpaired) electrons. The smallest absolute Gasteiger partial charge is 0.279 e. The molecule has 0 spiro atoms. The Labute approximate surface area is 176 Å². The number of aryl methyl sites for hydroxylation is 1. The molecule has 0 aliphatic rings. The zero-order chi connectivity index (χ0) is 21.1. The number of nitrogens with one attached hydrogen (secondary N) is 2. The van der Waals surface area contributed by atoms with Crippen LogP contribution in [0.5, 0.6) is 0 Å². The number of rotatable bonds is 6. The first kappa shape index (κ1) is 19.6. The zero-order valence-electron chi connectivity index (χ0n) is 16.3. The van der Waals surface area contributed by atoms with Gasteiger partial charge in [-0.15, -0.1) is 11.3 Å². The van der Waals surface area contributed by atoms with E-state index >= 15 is 0 Å². The van der Waals surface area contributed by atoms with E-state index in [9.17, 15) is 9.59 Å². The Bertz CT molecular complexity index is 1190. The van der Waals surface area contributed by atoms with Gasteiger partial charge in [-0.2, -0.15) is 0 Å². The van der Waals surface area contributed by atoms with Crippen molar-refractivity contribution in [3.63, 3.8) is 0 Å². The summed E-state index contributed by atoms with van der Waals surface area (Å²) in [5.74, 6) is 1.45. The summed E-state index contributed by atoms with van der Waals surface area (Å²) in [6.45, 7) is 3.44. The average Bonchev–Trinajstić information content (AvgIpc) is 3.46. The molecule has 0 saturated heterocycles. The fraction of sp³-hybridized carbons (Fsp3) is 0.143. The molecule has 0 atom stereocenters. The van der Waals surface area contributed by atoms with Crippen LogP contribution in [0.3, 0.4) is 0 Å². The maximum Gasteiger partial charge on any atom is 0.279 e. The second kappa shape index (κ2) is 8.34. The highest BCUT2D eigenvalue weighted by molar-refractivity contribution is 7.14. The van der Waals surface area contributed by atoms with Crippen LogP contribution in [-0.2, 0) is 11.3 Å². The summed E-state index contributed by atoms with van der Waals surface area (Å²) >= 11 is 1.27. The quantitative estimate of drug-likeness (QED) is 0.480. The summed E-state index contributed by atoms with van der Waals surface area (Å²) in [5.41, 5.74) is 1.59. The van der Waals surface area contributed by atoms with Crippen LogP contribution in [-0.4, -0.2) is 21.8 Å². The van der Waals surface area contributed by atoms with E-state index < -0.39 is 5.91 Å². The largest absolute Gasteiger partial charge is 0.458 e. The van der Waals surface area contributed by atoms with Gasteiger partial charge in [0.1, 0.15) is 17.2 Å². The highest BCUT2D eigenvalue weighted by Crippen LogP contribution is 2.27. The number of hydrogen-bond acceptors (Lipinski definition) is 7. The van der Waals surface area contributed by atoms with E-state index in [2.05, 4.69) is 20.6 Å². The summed E-state index contributed by atoms with van der Waals surface area (Å²) in [5, 5.41) is 7.61. The normalized spacial score (nSPS) is 10.7. The Kier molecular flexibility index (Phi) is 5.44. The maximum absolute atomic E-state index is 12.6. The lowest BCUT2D eigenvalue weighted by Crippen LogP contribution is -2.18. The van der Waals surface area contributed by atoms with Gasteiger partial charge in [0.15, 0.2) is 16.6 Å². The van der Waals surface area contributed by atoms with Crippen LogP contribution in [0.2, 0.25) is 0 Å². The molecular weight excluding hydrogens is 404 g/mol. The van der Waals surface area contributed by atoms with Crippen LogP contribution >= 0.6 is 11.3 Å². The minimum absolute atomic E-state index is 0.134. The third-order valence-corrected chi connectivity index (χ3v) is 4.94. The van der Waals surface area contributed by atoms with Gasteiger partial charge in [-0.05, 0) is 31.2 Å². The molecule has 30 heavy (non-hydrogen) atoms. The van der Waals surface area contributed by atoms with E-state index in [0.717, 1.165) is 5.56 Å². The average molecular weight is 422 g/mol. The first-order valence-corrected chi connectivity index (χ1v) is 10.0. The Morgan fingerprint density at radius 3 is 2.63 bits per heavy atom. The summed E-state index contributed by atoms with van der Waals surface area (Å²) in [4.78, 5) is 32.4. The molecule has 9 heteroatoms. The number of aromatic nitrogens is 2. The first-order valence-electron chi connectivity index (χ1n) is 9.13. The monoisotopic (exact) mass is 422 g/mol. The van der Waals surface area contributed by atoms with Gasteiger partial charge in [0, 0.05) is 17.9 Å². The molecule has 4 rings (SSSR count). The Hall–Kier alpha value is -3.72. The molecule has 0 aliphatic carbocycles.